The van der Waals surface area contributed by atoms with Crippen LogP contribution >= 0.6 is 12.2 Å². The Morgan fingerprint density at radius 1 is 1.62 bits per heavy atom. The first-order chi connectivity index (χ1) is 6.22. The van der Waals surface area contributed by atoms with Crippen molar-refractivity contribution in [2.45, 2.75) is 6.54 Å². The van der Waals surface area contributed by atoms with E-state index in [4.69, 9.17) is 5.21 Å². The number of isothiocyanates is 1. The summed E-state index contributed by atoms with van der Waals surface area (Å²) in [6, 6.07) is 6.82. The Hall–Kier alpha value is -1.10. The fourth-order valence-electron chi connectivity index (χ4n) is 0.933. The van der Waals surface area contributed by atoms with Crippen LogP contribution in [-0.2, 0) is 6.54 Å². The molecule has 0 atom stereocenters. The summed E-state index contributed by atoms with van der Waals surface area (Å²) in [6.07, 6.45) is 0. The molecule has 0 amide bonds. The summed E-state index contributed by atoms with van der Waals surface area (Å²) < 4.78 is 0. The van der Waals surface area contributed by atoms with Crippen LogP contribution in [0, 0.1) is 5.21 Å². The van der Waals surface area contributed by atoms with Gasteiger partial charge >= 0.3 is 0 Å². The third kappa shape index (κ3) is 3.42. The topological polar surface area (TPSA) is 58.9 Å². The van der Waals surface area contributed by atoms with Crippen molar-refractivity contribution in [3.05, 3.63) is 35.0 Å². The van der Waals surface area contributed by atoms with Crippen LogP contribution in [0.4, 0.5) is 5.69 Å². The summed E-state index contributed by atoms with van der Waals surface area (Å²) in [4.78, 5) is 3.74. The lowest BCUT2D eigenvalue weighted by atomic mass is 10.2. The van der Waals surface area contributed by atoms with E-state index in [2.05, 4.69) is 22.4 Å². The maximum atomic E-state index is 10.3. The number of hydrogen-bond acceptors (Lipinski definition) is 5. The Kier molecular flexibility index (Phi) is 3.70. The molecule has 0 bridgehead atoms. The maximum absolute atomic E-state index is 10.3. The third-order valence-electron chi connectivity index (χ3n) is 1.40. The lowest BCUT2D eigenvalue weighted by molar-refractivity contribution is -0.0487. The second-order valence-corrected chi connectivity index (χ2v) is 2.57. The van der Waals surface area contributed by atoms with Gasteiger partial charge < -0.3 is 10.4 Å². The first-order valence-electron chi connectivity index (χ1n) is 3.53. The van der Waals surface area contributed by atoms with E-state index < -0.39 is 0 Å². The number of hydroxylamine groups is 2. The zero-order valence-electron chi connectivity index (χ0n) is 6.67. The zero-order valence-corrected chi connectivity index (χ0v) is 7.49. The minimum absolute atomic E-state index is 0.0826. The number of hydrogen-bond donors (Lipinski definition) is 1. The van der Waals surface area contributed by atoms with Gasteiger partial charge in [0.2, 0.25) is 0 Å². The van der Waals surface area contributed by atoms with Crippen molar-refractivity contribution in [2.75, 3.05) is 0 Å². The van der Waals surface area contributed by atoms with Gasteiger partial charge in [0.15, 0.2) is 0 Å². The Balaban J connectivity index is 2.85. The van der Waals surface area contributed by atoms with E-state index in [-0.39, 0.29) is 11.8 Å². The van der Waals surface area contributed by atoms with E-state index in [9.17, 15) is 5.21 Å². The van der Waals surface area contributed by atoms with Crippen LogP contribution in [0.2, 0.25) is 0 Å². The van der Waals surface area contributed by atoms with Crippen molar-refractivity contribution >= 4 is 23.1 Å². The fourth-order valence-corrected chi connectivity index (χ4v) is 1.04. The maximum Gasteiger partial charge on any atom is 0.0742 e. The van der Waals surface area contributed by atoms with Crippen LogP contribution in [-0.4, -0.2) is 15.6 Å². The molecule has 1 rings (SSSR count). The van der Waals surface area contributed by atoms with Crippen molar-refractivity contribution < 1.29 is 5.21 Å². The van der Waals surface area contributed by atoms with Crippen molar-refractivity contribution in [1.29, 1.82) is 0 Å². The van der Waals surface area contributed by atoms with Gasteiger partial charge in [-0.15, -0.1) is 0 Å². The molecule has 1 aromatic rings. The standard InChI is InChI=1S/C8H7N2O2S/c11-10(12)5-7-2-1-3-8(4-7)9-6-13/h1-4,11H,5H2/q-1. The number of benzene rings is 1. The summed E-state index contributed by atoms with van der Waals surface area (Å²) in [5.41, 5.74) is 1.29. The first kappa shape index (κ1) is 9.98. The number of aliphatic imine (C=N–C) groups is 1. The van der Waals surface area contributed by atoms with Crippen LogP contribution in [0.5, 0.6) is 0 Å². The molecule has 0 radical (unpaired) electrons. The van der Waals surface area contributed by atoms with Crippen LogP contribution in [0.1, 0.15) is 5.56 Å². The molecule has 0 saturated carbocycles. The molecule has 1 N–H and O–H groups in total. The predicted octanol–water partition coefficient (Wildman–Crippen LogP) is 2.11. The molecular weight excluding hydrogens is 188 g/mol. The third-order valence-corrected chi connectivity index (χ3v) is 1.49. The van der Waals surface area contributed by atoms with Gasteiger partial charge in [-0.25, -0.2) is 0 Å². The summed E-state index contributed by atoms with van der Waals surface area (Å²) in [5.74, 6) is 0. The largest absolute Gasteiger partial charge is 0.762 e. The highest BCUT2D eigenvalue weighted by molar-refractivity contribution is 7.78. The normalized spacial score (nSPS) is 9.77. The molecule has 0 spiro atoms. The number of nitrogens with zero attached hydrogens (tertiary/aromatic N) is 2. The number of thiocarbonyl (C=S) groups is 1. The summed E-state index contributed by atoms with van der Waals surface area (Å²) in [5, 5.41) is 20.8. The minimum atomic E-state index is -0.139. The summed E-state index contributed by atoms with van der Waals surface area (Å²) in [7, 11) is 0. The molecule has 1 aromatic carbocycles. The molecule has 0 aliphatic heterocycles. The van der Waals surface area contributed by atoms with E-state index in [1.807, 2.05) is 0 Å². The van der Waals surface area contributed by atoms with Crippen LogP contribution in [0.25, 0.3) is 0 Å². The van der Waals surface area contributed by atoms with E-state index in [1.165, 1.54) is 0 Å². The Morgan fingerprint density at radius 2 is 2.38 bits per heavy atom. The van der Waals surface area contributed by atoms with Crippen molar-refractivity contribution in [2.24, 2.45) is 4.99 Å². The molecule has 4 nitrogen and oxygen atoms in total. The Labute approximate surface area is 80.7 Å². The molecule has 0 heterocycles. The quantitative estimate of drug-likeness (QED) is 0.456. The molecule has 0 fully saturated rings. The Bertz CT molecular complexity index is 335. The minimum Gasteiger partial charge on any atom is -0.762 e. The highest BCUT2D eigenvalue weighted by atomic mass is 32.1. The van der Waals surface area contributed by atoms with Gasteiger partial charge in [-0.3, -0.25) is 5.23 Å². The van der Waals surface area contributed by atoms with Gasteiger partial charge in [0, 0.05) is 6.54 Å². The average Bonchev–Trinajstić information content (AvgIpc) is 2.04. The van der Waals surface area contributed by atoms with Crippen LogP contribution < -0.4 is 0 Å². The smallest absolute Gasteiger partial charge is 0.0742 e. The molecule has 13 heavy (non-hydrogen) atoms. The van der Waals surface area contributed by atoms with Gasteiger partial charge in [-0.1, -0.05) is 12.1 Å². The van der Waals surface area contributed by atoms with Crippen LogP contribution in [0.15, 0.2) is 29.3 Å². The van der Waals surface area contributed by atoms with Crippen molar-refractivity contribution in [3.63, 3.8) is 0 Å². The highest BCUT2D eigenvalue weighted by Crippen LogP contribution is 2.14. The van der Waals surface area contributed by atoms with Crippen LogP contribution in [0.3, 0.4) is 0 Å². The molecular formula is C8H7N2O2S-. The average molecular weight is 195 g/mol. The van der Waals surface area contributed by atoms with Gasteiger partial charge in [0.1, 0.15) is 0 Å². The van der Waals surface area contributed by atoms with Crippen molar-refractivity contribution in [3.8, 4) is 0 Å². The van der Waals surface area contributed by atoms with E-state index in [0.717, 1.165) is 0 Å². The second-order valence-electron chi connectivity index (χ2n) is 2.38. The zero-order chi connectivity index (χ0) is 9.68. The van der Waals surface area contributed by atoms with E-state index >= 15 is 0 Å². The lowest BCUT2D eigenvalue weighted by Crippen LogP contribution is -2.08. The summed E-state index contributed by atoms with van der Waals surface area (Å²) >= 11 is 4.43. The monoisotopic (exact) mass is 195 g/mol. The SMILES string of the molecule is [O-]N(O)Cc1cccc(N=C=S)c1. The Morgan fingerprint density at radius 3 is 3.00 bits per heavy atom. The van der Waals surface area contributed by atoms with Gasteiger partial charge in [-0.2, -0.15) is 4.99 Å². The van der Waals surface area contributed by atoms with Gasteiger partial charge in [0.25, 0.3) is 0 Å². The summed E-state index contributed by atoms with van der Waals surface area (Å²) in [6.45, 7) is -0.0826. The highest BCUT2D eigenvalue weighted by Gasteiger charge is 1.94. The van der Waals surface area contributed by atoms with E-state index in [0.29, 0.717) is 11.3 Å². The van der Waals surface area contributed by atoms with E-state index in [1.54, 1.807) is 24.3 Å². The molecule has 0 unspecified atom stereocenters. The molecule has 68 valence electrons. The molecule has 0 aromatic heterocycles. The molecule has 0 aliphatic carbocycles. The molecule has 0 aliphatic rings. The van der Waals surface area contributed by atoms with Crippen molar-refractivity contribution in [1.82, 2.24) is 5.23 Å². The predicted molar refractivity (Wildman–Crippen MR) is 51.8 cm³/mol. The number of rotatable bonds is 3. The second kappa shape index (κ2) is 4.81. The first-order valence-corrected chi connectivity index (χ1v) is 3.93. The fraction of sp³-hybridized carbons (Fsp3) is 0.125. The van der Waals surface area contributed by atoms with Gasteiger partial charge in [-0.05, 0) is 29.9 Å². The molecule has 0 saturated heterocycles. The lowest BCUT2D eigenvalue weighted by Gasteiger charge is -2.18. The van der Waals surface area contributed by atoms with Gasteiger partial charge in [0.05, 0.1) is 10.8 Å². The molecule has 5 heteroatoms.